The number of aryl methyl sites for hydroxylation is 2. The summed E-state index contributed by atoms with van der Waals surface area (Å²) in [6, 6.07) is 10.8. The lowest BCUT2D eigenvalue weighted by Gasteiger charge is -2.12. The molecule has 4 nitrogen and oxygen atoms in total. The summed E-state index contributed by atoms with van der Waals surface area (Å²) in [5.41, 5.74) is 2.67. The molecule has 0 bridgehead atoms. The molecule has 0 unspecified atom stereocenters. The van der Waals surface area contributed by atoms with Crippen LogP contribution < -0.4 is 14.8 Å². The average Bonchev–Trinajstić information content (AvgIpc) is 2.48. The smallest absolute Gasteiger partial charge is 0.262 e. The van der Waals surface area contributed by atoms with Gasteiger partial charge in [0, 0.05) is 10.7 Å². The monoisotopic (exact) mass is 319 g/mol. The van der Waals surface area contributed by atoms with Gasteiger partial charge in [0.05, 0.1) is 7.11 Å². The highest BCUT2D eigenvalue weighted by Crippen LogP contribution is 2.27. The van der Waals surface area contributed by atoms with Gasteiger partial charge in [0.2, 0.25) is 0 Å². The Labute approximate surface area is 135 Å². The van der Waals surface area contributed by atoms with Crippen LogP contribution in [-0.4, -0.2) is 19.6 Å². The molecule has 0 radical (unpaired) electrons. The van der Waals surface area contributed by atoms with E-state index in [2.05, 4.69) is 5.32 Å². The van der Waals surface area contributed by atoms with Crippen LogP contribution in [0, 0.1) is 13.8 Å². The SMILES string of the molecule is COc1cc(C)ccc1OCC(=O)Nc1ccc(Cl)cc1C. The van der Waals surface area contributed by atoms with E-state index in [0.717, 1.165) is 11.1 Å². The Hall–Kier alpha value is -2.20. The molecular formula is C17H18ClNO3. The minimum atomic E-state index is -0.243. The van der Waals surface area contributed by atoms with E-state index < -0.39 is 0 Å². The number of methoxy groups -OCH3 is 1. The number of anilines is 1. The summed E-state index contributed by atoms with van der Waals surface area (Å²) >= 11 is 5.89. The van der Waals surface area contributed by atoms with Crippen LogP contribution in [0.3, 0.4) is 0 Å². The molecule has 116 valence electrons. The minimum Gasteiger partial charge on any atom is -0.493 e. The second-order valence-corrected chi connectivity index (χ2v) is 5.39. The van der Waals surface area contributed by atoms with Gasteiger partial charge in [-0.15, -0.1) is 0 Å². The fraction of sp³-hybridized carbons (Fsp3) is 0.235. The standard InChI is InChI=1S/C17H18ClNO3/c1-11-4-7-15(16(8-11)21-3)22-10-17(20)19-14-6-5-13(18)9-12(14)2/h4-9H,10H2,1-3H3,(H,19,20). The Morgan fingerprint density at radius 2 is 1.91 bits per heavy atom. The van der Waals surface area contributed by atoms with Crippen molar-refractivity contribution in [3.63, 3.8) is 0 Å². The van der Waals surface area contributed by atoms with E-state index in [9.17, 15) is 4.79 Å². The highest BCUT2D eigenvalue weighted by molar-refractivity contribution is 6.30. The highest BCUT2D eigenvalue weighted by atomic mass is 35.5. The second kappa shape index (κ2) is 7.18. The van der Waals surface area contributed by atoms with Gasteiger partial charge in [-0.25, -0.2) is 0 Å². The van der Waals surface area contributed by atoms with Gasteiger partial charge in [-0.3, -0.25) is 4.79 Å². The number of benzene rings is 2. The summed E-state index contributed by atoms with van der Waals surface area (Å²) in [5, 5.41) is 3.43. The summed E-state index contributed by atoms with van der Waals surface area (Å²) in [5.74, 6) is 0.902. The number of ether oxygens (including phenoxy) is 2. The molecule has 0 heterocycles. The van der Waals surface area contributed by atoms with Crippen molar-refractivity contribution >= 4 is 23.2 Å². The van der Waals surface area contributed by atoms with E-state index in [1.54, 1.807) is 31.4 Å². The van der Waals surface area contributed by atoms with Gasteiger partial charge in [-0.1, -0.05) is 17.7 Å². The first-order valence-corrected chi connectivity index (χ1v) is 7.21. The van der Waals surface area contributed by atoms with Crippen LogP contribution in [0.1, 0.15) is 11.1 Å². The summed E-state index contributed by atoms with van der Waals surface area (Å²) in [6.07, 6.45) is 0. The Morgan fingerprint density at radius 1 is 1.14 bits per heavy atom. The number of amides is 1. The maximum Gasteiger partial charge on any atom is 0.262 e. The molecule has 0 aromatic heterocycles. The van der Waals surface area contributed by atoms with Crippen molar-refractivity contribution in [2.45, 2.75) is 13.8 Å². The summed E-state index contributed by atoms with van der Waals surface area (Å²) in [6.45, 7) is 3.75. The van der Waals surface area contributed by atoms with Crippen LogP contribution >= 0.6 is 11.6 Å². The van der Waals surface area contributed by atoms with Gasteiger partial charge in [0.15, 0.2) is 18.1 Å². The normalized spacial score (nSPS) is 10.2. The largest absolute Gasteiger partial charge is 0.493 e. The van der Waals surface area contributed by atoms with Crippen molar-refractivity contribution in [1.82, 2.24) is 0 Å². The topological polar surface area (TPSA) is 47.6 Å². The molecule has 2 rings (SSSR count). The first-order valence-electron chi connectivity index (χ1n) is 6.83. The van der Waals surface area contributed by atoms with Crippen molar-refractivity contribution in [3.8, 4) is 11.5 Å². The third kappa shape index (κ3) is 4.15. The molecule has 0 saturated carbocycles. The Morgan fingerprint density at radius 3 is 2.59 bits per heavy atom. The molecular weight excluding hydrogens is 302 g/mol. The van der Waals surface area contributed by atoms with E-state index >= 15 is 0 Å². The lowest BCUT2D eigenvalue weighted by molar-refractivity contribution is -0.118. The molecule has 0 aliphatic heterocycles. The number of carbonyl (C=O) groups excluding carboxylic acids is 1. The molecule has 1 N–H and O–H groups in total. The van der Waals surface area contributed by atoms with Gasteiger partial charge < -0.3 is 14.8 Å². The molecule has 2 aromatic rings. The first kappa shape index (κ1) is 16.2. The second-order valence-electron chi connectivity index (χ2n) is 4.95. The molecule has 5 heteroatoms. The van der Waals surface area contributed by atoms with Crippen molar-refractivity contribution < 1.29 is 14.3 Å². The number of halogens is 1. The number of carbonyl (C=O) groups is 1. The molecule has 0 spiro atoms. The maximum absolute atomic E-state index is 12.0. The molecule has 22 heavy (non-hydrogen) atoms. The molecule has 2 aromatic carbocycles. The summed E-state index contributed by atoms with van der Waals surface area (Å²) < 4.78 is 10.8. The number of hydrogen-bond acceptors (Lipinski definition) is 3. The Kier molecular flexibility index (Phi) is 5.28. The maximum atomic E-state index is 12.0. The van der Waals surface area contributed by atoms with Gasteiger partial charge in [-0.05, 0) is 55.3 Å². The summed E-state index contributed by atoms with van der Waals surface area (Å²) in [4.78, 5) is 12.0. The molecule has 0 atom stereocenters. The third-order valence-corrected chi connectivity index (χ3v) is 3.38. The molecule has 1 amide bonds. The van der Waals surface area contributed by atoms with Crippen molar-refractivity contribution in [2.75, 3.05) is 19.0 Å². The van der Waals surface area contributed by atoms with E-state index in [-0.39, 0.29) is 12.5 Å². The average molecular weight is 320 g/mol. The first-order chi connectivity index (χ1) is 10.5. The minimum absolute atomic E-state index is 0.0957. The van der Waals surface area contributed by atoms with Crippen LogP contribution in [0.15, 0.2) is 36.4 Å². The summed E-state index contributed by atoms with van der Waals surface area (Å²) in [7, 11) is 1.57. The van der Waals surface area contributed by atoms with Crippen molar-refractivity contribution in [1.29, 1.82) is 0 Å². The van der Waals surface area contributed by atoms with E-state index in [0.29, 0.717) is 22.2 Å². The van der Waals surface area contributed by atoms with E-state index in [1.807, 2.05) is 26.0 Å². The lowest BCUT2D eigenvalue weighted by Crippen LogP contribution is -2.20. The Bertz CT molecular complexity index is 686. The van der Waals surface area contributed by atoms with Gasteiger partial charge in [0.1, 0.15) is 0 Å². The zero-order valence-electron chi connectivity index (χ0n) is 12.8. The fourth-order valence-corrected chi connectivity index (χ4v) is 2.22. The van der Waals surface area contributed by atoms with Crippen molar-refractivity contribution in [3.05, 3.63) is 52.5 Å². The van der Waals surface area contributed by atoms with Gasteiger partial charge in [-0.2, -0.15) is 0 Å². The molecule has 0 fully saturated rings. The number of hydrogen-bond donors (Lipinski definition) is 1. The van der Waals surface area contributed by atoms with E-state index in [4.69, 9.17) is 21.1 Å². The molecule has 0 saturated heterocycles. The predicted octanol–water partition coefficient (Wildman–Crippen LogP) is 3.98. The van der Waals surface area contributed by atoms with Crippen LogP contribution in [-0.2, 0) is 4.79 Å². The van der Waals surface area contributed by atoms with Crippen LogP contribution in [0.4, 0.5) is 5.69 Å². The quantitative estimate of drug-likeness (QED) is 0.906. The van der Waals surface area contributed by atoms with Crippen LogP contribution in [0.2, 0.25) is 5.02 Å². The third-order valence-electron chi connectivity index (χ3n) is 3.14. The zero-order chi connectivity index (χ0) is 16.1. The number of rotatable bonds is 5. The predicted molar refractivity (Wildman–Crippen MR) is 88.0 cm³/mol. The van der Waals surface area contributed by atoms with E-state index in [1.165, 1.54) is 0 Å². The van der Waals surface area contributed by atoms with Gasteiger partial charge >= 0.3 is 0 Å². The van der Waals surface area contributed by atoms with Crippen LogP contribution in [0.25, 0.3) is 0 Å². The zero-order valence-corrected chi connectivity index (χ0v) is 13.5. The lowest BCUT2D eigenvalue weighted by atomic mass is 10.2. The molecule has 0 aliphatic rings. The van der Waals surface area contributed by atoms with Crippen molar-refractivity contribution in [2.24, 2.45) is 0 Å². The Balaban J connectivity index is 1.98. The van der Waals surface area contributed by atoms with Crippen LogP contribution in [0.5, 0.6) is 11.5 Å². The number of nitrogens with one attached hydrogen (secondary N) is 1. The molecule has 0 aliphatic carbocycles. The highest BCUT2D eigenvalue weighted by Gasteiger charge is 2.09. The van der Waals surface area contributed by atoms with Gasteiger partial charge in [0.25, 0.3) is 5.91 Å². The fourth-order valence-electron chi connectivity index (χ4n) is 1.99.